The molecular formula is C15H18N2O2. The van der Waals surface area contributed by atoms with Crippen molar-refractivity contribution in [3.8, 4) is 5.69 Å². The van der Waals surface area contributed by atoms with Crippen molar-refractivity contribution in [1.82, 2.24) is 9.78 Å². The Morgan fingerprint density at radius 2 is 2.21 bits per heavy atom. The topological polar surface area (TPSA) is 55.1 Å². The number of hydrogen-bond acceptors (Lipinski definition) is 2. The van der Waals surface area contributed by atoms with E-state index >= 15 is 0 Å². The molecule has 0 bridgehead atoms. The predicted molar refractivity (Wildman–Crippen MR) is 73.9 cm³/mol. The number of benzene rings is 1. The normalized spacial score (nSPS) is 10.6. The van der Waals surface area contributed by atoms with Gasteiger partial charge in [-0.05, 0) is 37.5 Å². The monoisotopic (exact) mass is 258 g/mol. The van der Waals surface area contributed by atoms with Crippen LogP contribution in [0.1, 0.15) is 41.4 Å². The van der Waals surface area contributed by atoms with Crippen LogP contribution in [-0.2, 0) is 6.42 Å². The number of aromatic nitrogens is 2. The van der Waals surface area contributed by atoms with Crippen LogP contribution >= 0.6 is 0 Å². The third kappa shape index (κ3) is 2.84. The number of unbranched alkanes of at least 4 members (excludes halogenated alkanes) is 1. The first-order valence-electron chi connectivity index (χ1n) is 6.50. The molecule has 0 saturated heterocycles. The van der Waals surface area contributed by atoms with Crippen molar-refractivity contribution in [3.05, 3.63) is 47.3 Å². The first-order chi connectivity index (χ1) is 9.13. The summed E-state index contributed by atoms with van der Waals surface area (Å²) in [6, 6.07) is 7.92. The van der Waals surface area contributed by atoms with Crippen LogP contribution < -0.4 is 0 Å². The second-order valence-corrected chi connectivity index (χ2v) is 4.66. The van der Waals surface area contributed by atoms with E-state index in [-0.39, 0.29) is 0 Å². The minimum absolute atomic E-state index is 0.301. The van der Waals surface area contributed by atoms with Crippen molar-refractivity contribution in [1.29, 1.82) is 0 Å². The molecule has 4 nitrogen and oxygen atoms in total. The summed E-state index contributed by atoms with van der Waals surface area (Å²) in [5.41, 5.74) is 3.12. The van der Waals surface area contributed by atoms with Gasteiger partial charge < -0.3 is 5.11 Å². The van der Waals surface area contributed by atoms with E-state index in [1.165, 1.54) is 6.20 Å². The number of carboxylic acids is 1. The summed E-state index contributed by atoms with van der Waals surface area (Å²) in [5.74, 6) is -0.912. The van der Waals surface area contributed by atoms with Gasteiger partial charge in [0.1, 0.15) is 5.56 Å². The van der Waals surface area contributed by atoms with Gasteiger partial charge in [0.05, 0.1) is 17.6 Å². The van der Waals surface area contributed by atoms with Crippen LogP contribution in [0.2, 0.25) is 0 Å². The first kappa shape index (κ1) is 13.3. The Morgan fingerprint density at radius 3 is 2.84 bits per heavy atom. The van der Waals surface area contributed by atoms with Gasteiger partial charge in [-0.3, -0.25) is 0 Å². The maximum absolute atomic E-state index is 11.2. The smallest absolute Gasteiger partial charge is 0.339 e. The summed E-state index contributed by atoms with van der Waals surface area (Å²) in [6.45, 7) is 4.10. The lowest BCUT2D eigenvalue weighted by Gasteiger charge is -2.09. The minimum Gasteiger partial charge on any atom is -0.478 e. The van der Waals surface area contributed by atoms with Crippen molar-refractivity contribution < 1.29 is 9.90 Å². The average Bonchev–Trinajstić information content (AvgIpc) is 2.80. The van der Waals surface area contributed by atoms with Crippen molar-refractivity contribution in [2.45, 2.75) is 33.1 Å². The molecule has 4 heteroatoms. The lowest BCUT2D eigenvalue weighted by Crippen LogP contribution is -2.07. The SMILES string of the molecule is CCCCc1c(C(=O)O)cnn1-c1cccc(C)c1. The third-order valence-electron chi connectivity index (χ3n) is 3.11. The highest BCUT2D eigenvalue weighted by atomic mass is 16.4. The van der Waals surface area contributed by atoms with E-state index in [0.717, 1.165) is 36.2 Å². The van der Waals surface area contributed by atoms with Crippen LogP contribution in [0.3, 0.4) is 0 Å². The Balaban J connectivity index is 2.47. The van der Waals surface area contributed by atoms with E-state index in [1.807, 2.05) is 31.2 Å². The summed E-state index contributed by atoms with van der Waals surface area (Å²) < 4.78 is 1.74. The fraction of sp³-hybridized carbons (Fsp3) is 0.333. The van der Waals surface area contributed by atoms with Gasteiger partial charge in [0.2, 0.25) is 0 Å². The molecule has 0 unspecified atom stereocenters. The van der Waals surface area contributed by atoms with Gasteiger partial charge in [-0.2, -0.15) is 5.10 Å². The molecule has 0 saturated carbocycles. The molecule has 19 heavy (non-hydrogen) atoms. The molecule has 0 aliphatic heterocycles. The molecule has 0 atom stereocenters. The van der Waals surface area contributed by atoms with Crippen molar-refractivity contribution in [2.75, 3.05) is 0 Å². The second kappa shape index (κ2) is 5.69. The molecule has 2 aromatic rings. The van der Waals surface area contributed by atoms with Gasteiger partial charge in [-0.15, -0.1) is 0 Å². The van der Waals surface area contributed by atoms with Crippen LogP contribution in [-0.4, -0.2) is 20.9 Å². The van der Waals surface area contributed by atoms with Crippen LogP contribution in [0.4, 0.5) is 0 Å². The van der Waals surface area contributed by atoms with E-state index in [9.17, 15) is 9.90 Å². The number of carbonyl (C=O) groups is 1. The number of aryl methyl sites for hydroxylation is 1. The largest absolute Gasteiger partial charge is 0.478 e. The molecule has 0 aliphatic carbocycles. The summed E-state index contributed by atoms with van der Waals surface area (Å²) in [5, 5.41) is 13.5. The van der Waals surface area contributed by atoms with E-state index < -0.39 is 5.97 Å². The summed E-state index contributed by atoms with van der Waals surface area (Å²) in [4.78, 5) is 11.2. The highest BCUT2D eigenvalue weighted by molar-refractivity contribution is 5.88. The van der Waals surface area contributed by atoms with Gasteiger partial charge in [-0.1, -0.05) is 25.5 Å². The Morgan fingerprint density at radius 1 is 1.42 bits per heavy atom. The predicted octanol–water partition coefficient (Wildman–Crippen LogP) is 3.22. The molecule has 1 aromatic carbocycles. The summed E-state index contributed by atoms with van der Waals surface area (Å²) in [7, 11) is 0. The van der Waals surface area contributed by atoms with Crippen LogP contribution in [0.25, 0.3) is 5.69 Å². The van der Waals surface area contributed by atoms with Gasteiger partial charge in [0, 0.05) is 0 Å². The van der Waals surface area contributed by atoms with Crippen molar-refractivity contribution >= 4 is 5.97 Å². The fourth-order valence-electron chi connectivity index (χ4n) is 2.12. The molecule has 1 N–H and O–H groups in total. The Kier molecular flexibility index (Phi) is 4.00. The molecule has 0 aliphatic rings. The second-order valence-electron chi connectivity index (χ2n) is 4.66. The molecule has 0 fully saturated rings. The van der Waals surface area contributed by atoms with Gasteiger partial charge >= 0.3 is 5.97 Å². The van der Waals surface area contributed by atoms with E-state index in [2.05, 4.69) is 12.0 Å². The third-order valence-corrected chi connectivity index (χ3v) is 3.11. The standard InChI is InChI=1S/C15H18N2O2/c1-3-4-8-14-13(15(18)19)10-16-17(14)12-7-5-6-11(2)9-12/h5-7,9-10H,3-4,8H2,1-2H3,(H,18,19). The molecular weight excluding hydrogens is 240 g/mol. The highest BCUT2D eigenvalue weighted by Crippen LogP contribution is 2.18. The highest BCUT2D eigenvalue weighted by Gasteiger charge is 2.17. The minimum atomic E-state index is -0.912. The van der Waals surface area contributed by atoms with Gasteiger partial charge in [-0.25, -0.2) is 9.48 Å². The number of aromatic carboxylic acids is 1. The summed E-state index contributed by atoms with van der Waals surface area (Å²) in [6.07, 6.45) is 4.15. The number of nitrogens with zero attached hydrogens (tertiary/aromatic N) is 2. The molecule has 0 spiro atoms. The zero-order chi connectivity index (χ0) is 13.8. The maximum Gasteiger partial charge on any atom is 0.339 e. The average molecular weight is 258 g/mol. The maximum atomic E-state index is 11.2. The fourth-order valence-corrected chi connectivity index (χ4v) is 2.12. The quantitative estimate of drug-likeness (QED) is 0.895. The Labute approximate surface area is 112 Å². The molecule has 0 radical (unpaired) electrons. The van der Waals surface area contributed by atoms with Gasteiger partial charge in [0.25, 0.3) is 0 Å². The molecule has 100 valence electrons. The van der Waals surface area contributed by atoms with Crippen molar-refractivity contribution in [2.24, 2.45) is 0 Å². The number of hydrogen-bond donors (Lipinski definition) is 1. The first-order valence-corrected chi connectivity index (χ1v) is 6.50. The van der Waals surface area contributed by atoms with Crippen LogP contribution in [0.5, 0.6) is 0 Å². The molecule has 0 amide bonds. The number of carboxylic acid groups (broad SMARTS) is 1. The zero-order valence-corrected chi connectivity index (χ0v) is 11.3. The van der Waals surface area contributed by atoms with Crippen molar-refractivity contribution in [3.63, 3.8) is 0 Å². The van der Waals surface area contributed by atoms with E-state index in [4.69, 9.17) is 0 Å². The Bertz CT molecular complexity index is 588. The van der Waals surface area contributed by atoms with E-state index in [1.54, 1.807) is 4.68 Å². The number of rotatable bonds is 5. The lowest BCUT2D eigenvalue weighted by molar-refractivity contribution is 0.0695. The van der Waals surface area contributed by atoms with E-state index in [0.29, 0.717) is 5.56 Å². The molecule has 2 rings (SSSR count). The Hall–Kier alpha value is -2.10. The zero-order valence-electron chi connectivity index (χ0n) is 11.3. The molecule has 1 heterocycles. The van der Waals surface area contributed by atoms with Crippen LogP contribution in [0, 0.1) is 6.92 Å². The lowest BCUT2D eigenvalue weighted by atomic mass is 10.1. The summed E-state index contributed by atoms with van der Waals surface area (Å²) >= 11 is 0. The van der Waals surface area contributed by atoms with Gasteiger partial charge in [0.15, 0.2) is 0 Å². The van der Waals surface area contributed by atoms with Crippen LogP contribution in [0.15, 0.2) is 30.5 Å². The molecule has 1 aromatic heterocycles.